The molecular weight excluding hydrogens is 532 g/mol. The van der Waals surface area contributed by atoms with E-state index in [0.29, 0.717) is 28.9 Å². The second-order valence-corrected chi connectivity index (χ2v) is 10.4. The molecule has 4 aromatic rings. The molecule has 0 saturated heterocycles. The number of nitrogens with zero attached hydrogens (tertiary/aromatic N) is 5. The number of aromatic nitrogens is 4. The number of fused-ring (bicyclic) bond motifs is 3. The summed E-state index contributed by atoms with van der Waals surface area (Å²) >= 11 is 1.27. The van der Waals surface area contributed by atoms with E-state index in [1.807, 2.05) is 46.9 Å². The van der Waals surface area contributed by atoms with Gasteiger partial charge in [-0.15, -0.1) is 10.2 Å². The molecule has 11 nitrogen and oxygen atoms in total. The number of nitrogens with one attached hydrogen (secondary N) is 1. The highest BCUT2D eigenvalue weighted by Gasteiger charge is 2.36. The Labute approximate surface area is 234 Å². The lowest BCUT2D eigenvalue weighted by Crippen LogP contribution is -2.29. The Kier molecular flexibility index (Phi) is 6.93. The van der Waals surface area contributed by atoms with Gasteiger partial charge in [-0.3, -0.25) is 19.0 Å². The number of aryl methyl sites for hydroxylation is 1. The zero-order valence-corrected chi connectivity index (χ0v) is 23.2. The number of ether oxygens (including phenoxy) is 3. The van der Waals surface area contributed by atoms with Gasteiger partial charge in [-0.05, 0) is 55.2 Å². The first-order valence-corrected chi connectivity index (χ1v) is 13.9. The van der Waals surface area contributed by atoms with Crippen molar-refractivity contribution >= 4 is 29.2 Å². The number of amides is 1. The summed E-state index contributed by atoms with van der Waals surface area (Å²) in [6, 6.07) is 12.8. The van der Waals surface area contributed by atoms with E-state index in [9.17, 15) is 9.59 Å². The second kappa shape index (κ2) is 10.7. The van der Waals surface area contributed by atoms with Gasteiger partial charge in [-0.25, -0.2) is 5.01 Å². The van der Waals surface area contributed by atoms with E-state index in [0.717, 1.165) is 53.1 Å². The molecule has 0 fully saturated rings. The molecule has 2 aliphatic rings. The molecule has 1 atom stereocenters. The van der Waals surface area contributed by atoms with Crippen LogP contribution in [0.15, 0.2) is 57.5 Å². The van der Waals surface area contributed by atoms with E-state index >= 15 is 0 Å². The largest absolute Gasteiger partial charge is 0.497 e. The highest BCUT2D eigenvalue weighted by molar-refractivity contribution is 7.99. The van der Waals surface area contributed by atoms with E-state index in [-0.39, 0.29) is 17.2 Å². The van der Waals surface area contributed by atoms with Crippen molar-refractivity contribution in [3.05, 3.63) is 75.2 Å². The van der Waals surface area contributed by atoms with Crippen molar-refractivity contribution in [3.63, 3.8) is 0 Å². The number of hydrogen-bond acceptors (Lipinski definition) is 9. The zero-order chi connectivity index (χ0) is 27.8. The molecule has 206 valence electrons. The molecule has 1 amide bonds. The molecule has 40 heavy (non-hydrogen) atoms. The summed E-state index contributed by atoms with van der Waals surface area (Å²) in [7, 11) is 4.79. The Morgan fingerprint density at radius 1 is 1.05 bits per heavy atom. The SMILES string of the molecule is COc1ccc(C2=NN(C(=O)CSc3nnc4[nH]c(=O)c5c(n34)CCC5)C(c3cccc(OC)c3OC)C2)cc1. The summed E-state index contributed by atoms with van der Waals surface area (Å²) in [6.07, 6.45) is 2.89. The van der Waals surface area contributed by atoms with Crippen LogP contribution in [0.3, 0.4) is 0 Å². The number of para-hydroxylation sites is 1. The number of carbonyl (C=O) groups excluding carboxylic acids is 1. The summed E-state index contributed by atoms with van der Waals surface area (Å²) in [5.41, 5.74) is 4.04. The first-order chi connectivity index (χ1) is 19.5. The number of aromatic amines is 1. The van der Waals surface area contributed by atoms with E-state index in [2.05, 4.69) is 15.2 Å². The van der Waals surface area contributed by atoms with E-state index < -0.39 is 6.04 Å². The minimum absolute atomic E-state index is 0.0802. The van der Waals surface area contributed by atoms with Crippen LogP contribution in [-0.2, 0) is 17.6 Å². The monoisotopic (exact) mass is 560 g/mol. The minimum atomic E-state index is -0.397. The summed E-state index contributed by atoms with van der Waals surface area (Å²) in [5.74, 6) is 2.16. The number of methoxy groups -OCH3 is 3. The van der Waals surface area contributed by atoms with Gasteiger partial charge in [-0.1, -0.05) is 23.9 Å². The van der Waals surface area contributed by atoms with Crippen molar-refractivity contribution < 1.29 is 19.0 Å². The van der Waals surface area contributed by atoms with Crippen molar-refractivity contribution in [1.29, 1.82) is 0 Å². The summed E-state index contributed by atoms with van der Waals surface area (Å²) in [6.45, 7) is 0. The lowest BCUT2D eigenvalue weighted by Gasteiger charge is -2.24. The van der Waals surface area contributed by atoms with Crippen molar-refractivity contribution in [2.75, 3.05) is 27.1 Å². The molecule has 12 heteroatoms. The Morgan fingerprint density at radius 3 is 2.62 bits per heavy atom. The third-order valence-corrected chi connectivity index (χ3v) is 8.21. The fourth-order valence-corrected chi connectivity index (χ4v) is 6.20. The van der Waals surface area contributed by atoms with E-state index in [1.165, 1.54) is 16.8 Å². The van der Waals surface area contributed by atoms with Gasteiger partial charge in [0, 0.05) is 23.2 Å². The highest BCUT2D eigenvalue weighted by Crippen LogP contribution is 2.42. The first kappa shape index (κ1) is 25.9. The van der Waals surface area contributed by atoms with Crippen LogP contribution in [0.4, 0.5) is 0 Å². The van der Waals surface area contributed by atoms with Gasteiger partial charge < -0.3 is 14.2 Å². The molecule has 2 aromatic heterocycles. The van der Waals surface area contributed by atoms with Gasteiger partial charge in [0.2, 0.25) is 5.78 Å². The number of H-pyrrole nitrogens is 1. The molecule has 2 aromatic carbocycles. The maximum Gasteiger partial charge on any atom is 0.255 e. The van der Waals surface area contributed by atoms with Crippen LogP contribution in [0.5, 0.6) is 17.2 Å². The summed E-state index contributed by atoms with van der Waals surface area (Å²) in [5, 5.41) is 15.3. The van der Waals surface area contributed by atoms with Crippen LogP contribution < -0.4 is 19.8 Å². The Hall–Kier alpha value is -4.32. The molecule has 1 unspecified atom stereocenters. The normalized spacial score (nSPS) is 16.2. The number of hydrogen-bond donors (Lipinski definition) is 1. The molecule has 1 aliphatic carbocycles. The van der Waals surface area contributed by atoms with Crippen LogP contribution >= 0.6 is 11.8 Å². The summed E-state index contributed by atoms with van der Waals surface area (Å²) < 4.78 is 18.4. The molecule has 1 N–H and O–H groups in total. The van der Waals surface area contributed by atoms with Gasteiger partial charge in [0.25, 0.3) is 11.5 Å². The van der Waals surface area contributed by atoms with Gasteiger partial charge in [0.15, 0.2) is 16.7 Å². The maximum atomic E-state index is 13.8. The van der Waals surface area contributed by atoms with Gasteiger partial charge in [0.05, 0.1) is 38.8 Å². The van der Waals surface area contributed by atoms with E-state index in [1.54, 1.807) is 21.3 Å². The minimum Gasteiger partial charge on any atom is -0.497 e. The number of rotatable bonds is 8. The number of thioether (sulfide) groups is 1. The molecule has 0 saturated carbocycles. The average Bonchev–Trinajstić information content (AvgIpc) is 3.74. The molecule has 1 aliphatic heterocycles. The van der Waals surface area contributed by atoms with Crippen LogP contribution in [0.2, 0.25) is 0 Å². The van der Waals surface area contributed by atoms with Gasteiger partial charge in [-0.2, -0.15) is 5.10 Å². The van der Waals surface area contributed by atoms with Crippen molar-refractivity contribution in [1.82, 2.24) is 24.6 Å². The second-order valence-electron chi connectivity index (χ2n) is 9.48. The number of benzene rings is 2. The molecule has 3 heterocycles. The predicted octanol–water partition coefficient (Wildman–Crippen LogP) is 3.40. The molecule has 0 spiro atoms. The van der Waals surface area contributed by atoms with Crippen LogP contribution in [0.1, 0.15) is 41.3 Å². The lowest BCUT2D eigenvalue weighted by atomic mass is 9.97. The topological polar surface area (TPSA) is 123 Å². The molecule has 0 bridgehead atoms. The Morgan fingerprint density at radius 2 is 1.88 bits per heavy atom. The standard InChI is InChI=1S/C28H28N6O5S/c1-37-17-12-10-16(11-13-17)20-14-22(18-6-5-9-23(38-2)25(18)39-3)34(32-20)24(35)15-40-28-31-30-27-29-26(36)19-7-4-8-21(19)33(27)28/h5-6,9-13,22H,4,7-8,14-15H2,1-3H3,(H,29,30,36). The third kappa shape index (κ3) is 4.47. The average molecular weight is 561 g/mol. The van der Waals surface area contributed by atoms with Crippen molar-refractivity contribution in [3.8, 4) is 17.2 Å². The highest BCUT2D eigenvalue weighted by atomic mass is 32.2. The van der Waals surface area contributed by atoms with Gasteiger partial charge in [0.1, 0.15) is 5.75 Å². The Bertz CT molecular complexity index is 1680. The summed E-state index contributed by atoms with van der Waals surface area (Å²) in [4.78, 5) is 29.0. The van der Waals surface area contributed by atoms with Gasteiger partial charge >= 0.3 is 0 Å². The zero-order valence-electron chi connectivity index (χ0n) is 22.3. The first-order valence-electron chi connectivity index (χ1n) is 12.9. The quantitative estimate of drug-likeness (QED) is 0.325. The molecular formula is C28H28N6O5S. The smallest absolute Gasteiger partial charge is 0.255 e. The van der Waals surface area contributed by atoms with Crippen LogP contribution in [-0.4, -0.2) is 63.3 Å². The van der Waals surface area contributed by atoms with Crippen LogP contribution in [0, 0.1) is 0 Å². The molecule has 0 radical (unpaired) electrons. The fraction of sp³-hybridized carbons (Fsp3) is 0.321. The molecule has 6 rings (SSSR count). The van der Waals surface area contributed by atoms with E-state index in [4.69, 9.17) is 19.3 Å². The number of carbonyl (C=O) groups is 1. The van der Waals surface area contributed by atoms with Crippen molar-refractivity contribution in [2.24, 2.45) is 5.10 Å². The van der Waals surface area contributed by atoms with Crippen molar-refractivity contribution in [2.45, 2.75) is 36.9 Å². The third-order valence-electron chi connectivity index (χ3n) is 7.30. The predicted molar refractivity (Wildman–Crippen MR) is 150 cm³/mol. The number of hydrazone groups is 1. The lowest BCUT2D eigenvalue weighted by molar-refractivity contribution is -0.130. The maximum absolute atomic E-state index is 13.8. The fourth-order valence-electron chi connectivity index (χ4n) is 5.39. The Balaban J connectivity index is 1.32. The van der Waals surface area contributed by atoms with Crippen LogP contribution in [0.25, 0.3) is 5.78 Å².